The Labute approximate surface area is 98.3 Å². The zero-order valence-corrected chi connectivity index (χ0v) is 11.1. The molecule has 0 saturated heterocycles. The van der Waals surface area contributed by atoms with Gasteiger partial charge in [-0.15, -0.1) is 11.3 Å². The monoisotopic (exact) mass is 276 g/mol. The number of halogens is 1. The van der Waals surface area contributed by atoms with Crippen molar-refractivity contribution in [3.05, 3.63) is 20.8 Å². The standard InChI is InChI=1S/C11H17BrOS/c1-3-8(4-2)10(13)7-9-5-6-11(12)14-9/h5-6,8,10,13H,3-4,7H2,1-2H3. The van der Waals surface area contributed by atoms with Gasteiger partial charge in [0.05, 0.1) is 9.89 Å². The summed E-state index contributed by atoms with van der Waals surface area (Å²) >= 11 is 5.14. The summed E-state index contributed by atoms with van der Waals surface area (Å²) in [6, 6.07) is 4.12. The number of aliphatic hydroxyl groups is 1. The average molecular weight is 277 g/mol. The van der Waals surface area contributed by atoms with Crippen molar-refractivity contribution in [3.8, 4) is 0 Å². The fourth-order valence-corrected chi connectivity index (χ4v) is 3.20. The summed E-state index contributed by atoms with van der Waals surface area (Å²) in [6.07, 6.45) is 2.73. The first-order valence-electron chi connectivity index (χ1n) is 5.09. The van der Waals surface area contributed by atoms with Gasteiger partial charge in [0.25, 0.3) is 0 Å². The Bertz CT molecular complexity index is 268. The van der Waals surface area contributed by atoms with E-state index in [4.69, 9.17) is 0 Å². The van der Waals surface area contributed by atoms with E-state index in [-0.39, 0.29) is 6.10 Å². The second-order valence-corrected chi connectivity index (χ2v) is 6.10. The predicted molar refractivity (Wildman–Crippen MR) is 65.8 cm³/mol. The Hall–Kier alpha value is 0.140. The molecule has 1 N–H and O–H groups in total. The summed E-state index contributed by atoms with van der Waals surface area (Å²) in [5.41, 5.74) is 0. The molecule has 0 amide bonds. The highest BCUT2D eigenvalue weighted by Gasteiger charge is 2.16. The van der Waals surface area contributed by atoms with E-state index < -0.39 is 0 Å². The van der Waals surface area contributed by atoms with E-state index in [2.05, 4.69) is 35.8 Å². The van der Waals surface area contributed by atoms with E-state index >= 15 is 0 Å². The third kappa shape index (κ3) is 3.37. The lowest BCUT2D eigenvalue weighted by Gasteiger charge is -2.19. The van der Waals surface area contributed by atoms with Gasteiger partial charge in [0, 0.05) is 11.3 Å². The fraction of sp³-hybridized carbons (Fsp3) is 0.636. The first-order chi connectivity index (χ1) is 6.67. The van der Waals surface area contributed by atoms with Crippen molar-refractivity contribution >= 4 is 27.3 Å². The van der Waals surface area contributed by atoms with E-state index in [1.807, 2.05) is 6.07 Å². The van der Waals surface area contributed by atoms with Crippen LogP contribution in [0.2, 0.25) is 0 Å². The summed E-state index contributed by atoms with van der Waals surface area (Å²) in [4.78, 5) is 1.26. The summed E-state index contributed by atoms with van der Waals surface area (Å²) in [5, 5.41) is 9.96. The molecule has 1 unspecified atom stereocenters. The van der Waals surface area contributed by atoms with Gasteiger partial charge in [0.15, 0.2) is 0 Å². The molecular formula is C11H17BrOS. The molecule has 0 aliphatic carbocycles. The molecule has 1 aromatic heterocycles. The highest BCUT2D eigenvalue weighted by atomic mass is 79.9. The third-order valence-electron chi connectivity index (χ3n) is 2.63. The highest BCUT2D eigenvalue weighted by Crippen LogP contribution is 2.25. The molecular weight excluding hydrogens is 260 g/mol. The van der Waals surface area contributed by atoms with Crippen LogP contribution in [0.4, 0.5) is 0 Å². The first kappa shape index (κ1) is 12.2. The Morgan fingerprint density at radius 1 is 1.36 bits per heavy atom. The van der Waals surface area contributed by atoms with Gasteiger partial charge in [-0.2, -0.15) is 0 Å². The van der Waals surface area contributed by atoms with E-state index in [0.717, 1.165) is 23.0 Å². The van der Waals surface area contributed by atoms with E-state index in [0.29, 0.717) is 5.92 Å². The van der Waals surface area contributed by atoms with Crippen molar-refractivity contribution in [1.29, 1.82) is 0 Å². The zero-order valence-electron chi connectivity index (χ0n) is 8.66. The molecule has 1 aromatic rings. The molecule has 1 nitrogen and oxygen atoms in total. The van der Waals surface area contributed by atoms with Gasteiger partial charge in [-0.05, 0) is 34.0 Å². The van der Waals surface area contributed by atoms with Gasteiger partial charge >= 0.3 is 0 Å². The predicted octanol–water partition coefficient (Wildman–Crippen LogP) is 3.85. The van der Waals surface area contributed by atoms with Gasteiger partial charge in [0.1, 0.15) is 0 Å². The van der Waals surface area contributed by atoms with E-state index in [1.165, 1.54) is 4.88 Å². The lowest BCUT2D eigenvalue weighted by atomic mass is 9.94. The number of rotatable bonds is 5. The fourth-order valence-electron chi connectivity index (χ4n) is 1.67. The van der Waals surface area contributed by atoms with Crippen LogP contribution in [0.15, 0.2) is 15.9 Å². The molecule has 0 radical (unpaired) electrons. The van der Waals surface area contributed by atoms with Crippen molar-refractivity contribution in [2.75, 3.05) is 0 Å². The van der Waals surface area contributed by atoms with E-state index in [9.17, 15) is 5.11 Å². The zero-order chi connectivity index (χ0) is 10.6. The van der Waals surface area contributed by atoms with Gasteiger partial charge in [-0.1, -0.05) is 26.7 Å². The Kier molecular flexibility index (Phi) is 5.13. The van der Waals surface area contributed by atoms with E-state index in [1.54, 1.807) is 11.3 Å². The first-order valence-corrected chi connectivity index (χ1v) is 6.70. The highest BCUT2D eigenvalue weighted by molar-refractivity contribution is 9.11. The van der Waals surface area contributed by atoms with Gasteiger partial charge in [-0.3, -0.25) is 0 Å². The molecule has 3 heteroatoms. The minimum absolute atomic E-state index is 0.185. The second kappa shape index (κ2) is 5.89. The van der Waals surface area contributed by atoms with Crippen LogP contribution < -0.4 is 0 Å². The SMILES string of the molecule is CCC(CC)C(O)Cc1ccc(Br)s1. The number of thiophene rings is 1. The lowest BCUT2D eigenvalue weighted by Crippen LogP contribution is -2.21. The molecule has 0 aliphatic heterocycles. The Balaban J connectivity index is 2.51. The normalized spacial score (nSPS) is 13.5. The molecule has 0 fully saturated rings. The second-order valence-electron chi connectivity index (χ2n) is 3.55. The largest absolute Gasteiger partial charge is 0.392 e. The van der Waals surface area contributed by atoms with Crippen LogP contribution in [0.25, 0.3) is 0 Å². The molecule has 0 saturated carbocycles. The summed E-state index contributed by atoms with van der Waals surface area (Å²) in [5.74, 6) is 0.441. The molecule has 0 spiro atoms. The van der Waals surface area contributed by atoms with Crippen molar-refractivity contribution in [3.63, 3.8) is 0 Å². The van der Waals surface area contributed by atoms with Crippen LogP contribution in [0.5, 0.6) is 0 Å². The van der Waals surface area contributed by atoms with Crippen LogP contribution in [0.3, 0.4) is 0 Å². The number of hydrogen-bond donors (Lipinski definition) is 1. The van der Waals surface area contributed by atoms with Crippen LogP contribution in [-0.2, 0) is 6.42 Å². The molecule has 14 heavy (non-hydrogen) atoms. The quantitative estimate of drug-likeness (QED) is 0.866. The number of aliphatic hydroxyl groups excluding tert-OH is 1. The summed E-state index contributed by atoms with van der Waals surface area (Å²) < 4.78 is 1.14. The minimum Gasteiger partial charge on any atom is -0.392 e. The molecule has 1 heterocycles. The van der Waals surface area contributed by atoms with Crippen LogP contribution in [0.1, 0.15) is 31.6 Å². The van der Waals surface area contributed by atoms with Gasteiger partial charge < -0.3 is 5.11 Å². The van der Waals surface area contributed by atoms with Crippen molar-refractivity contribution in [2.24, 2.45) is 5.92 Å². The minimum atomic E-state index is -0.185. The van der Waals surface area contributed by atoms with Crippen LogP contribution >= 0.6 is 27.3 Å². The molecule has 1 rings (SSSR count). The smallest absolute Gasteiger partial charge is 0.0701 e. The molecule has 0 bridgehead atoms. The van der Waals surface area contributed by atoms with Gasteiger partial charge in [-0.25, -0.2) is 0 Å². The average Bonchev–Trinajstić information content (AvgIpc) is 2.53. The summed E-state index contributed by atoms with van der Waals surface area (Å²) in [6.45, 7) is 4.28. The topological polar surface area (TPSA) is 20.2 Å². The van der Waals surface area contributed by atoms with Gasteiger partial charge in [0.2, 0.25) is 0 Å². The van der Waals surface area contributed by atoms with Crippen molar-refractivity contribution in [2.45, 2.75) is 39.2 Å². The maximum atomic E-state index is 9.96. The Morgan fingerprint density at radius 3 is 2.43 bits per heavy atom. The maximum Gasteiger partial charge on any atom is 0.0701 e. The molecule has 1 atom stereocenters. The molecule has 0 aliphatic rings. The lowest BCUT2D eigenvalue weighted by molar-refractivity contribution is 0.104. The number of hydrogen-bond acceptors (Lipinski definition) is 2. The van der Waals surface area contributed by atoms with Crippen molar-refractivity contribution < 1.29 is 5.11 Å². The Morgan fingerprint density at radius 2 is 2.00 bits per heavy atom. The third-order valence-corrected chi connectivity index (χ3v) is 4.28. The molecule has 80 valence electrons. The van der Waals surface area contributed by atoms with Crippen LogP contribution in [-0.4, -0.2) is 11.2 Å². The van der Waals surface area contributed by atoms with Crippen molar-refractivity contribution in [1.82, 2.24) is 0 Å². The molecule has 0 aromatic carbocycles. The van der Waals surface area contributed by atoms with Crippen LogP contribution in [0, 0.1) is 5.92 Å². The maximum absolute atomic E-state index is 9.96. The summed E-state index contributed by atoms with van der Waals surface area (Å²) in [7, 11) is 0.